The molecule has 0 aromatic carbocycles. The van der Waals surface area contributed by atoms with E-state index in [0.717, 1.165) is 0 Å². The summed E-state index contributed by atoms with van der Waals surface area (Å²) in [5.41, 5.74) is 0. The fourth-order valence-electron chi connectivity index (χ4n) is 0. The van der Waals surface area contributed by atoms with Crippen molar-refractivity contribution in [1.29, 1.82) is 0 Å². The third-order valence-electron chi connectivity index (χ3n) is 0.105. The predicted octanol–water partition coefficient (Wildman–Crippen LogP) is -1.40. The lowest BCUT2D eigenvalue weighted by Crippen LogP contribution is -2.12. The van der Waals surface area contributed by atoms with Crippen molar-refractivity contribution in [3.05, 3.63) is 0 Å². The Morgan fingerprint density at radius 1 is 2.00 bits per heavy atom. The minimum absolute atomic E-state index is 2.22. The Kier molecular flexibility index (Phi) is 0.702. The SMILES string of the molecule is [2H]C([2H])([2H])OB(O)O. The maximum Gasteiger partial charge on any atom is 0.633 e. The second kappa shape index (κ2) is 2.20. The van der Waals surface area contributed by atoms with Crippen molar-refractivity contribution in [2.45, 2.75) is 0 Å². The summed E-state index contributed by atoms with van der Waals surface area (Å²) in [6.45, 7) is 0. The molecule has 0 aromatic heterocycles. The van der Waals surface area contributed by atoms with Crippen molar-refractivity contribution in [3.63, 3.8) is 0 Å². The van der Waals surface area contributed by atoms with Gasteiger partial charge in [-0.25, -0.2) is 0 Å². The molecule has 0 saturated carbocycles. The van der Waals surface area contributed by atoms with Crippen LogP contribution in [0.4, 0.5) is 0 Å². The van der Waals surface area contributed by atoms with Crippen LogP contribution in [0, 0.1) is 0 Å². The zero-order chi connectivity index (χ0) is 6.78. The van der Waals surface area contributed by atoms with Crippen LogP contribution in [0.2, 0.25) is 0 Å². The van der Waals surface area contributed by atoms with Gasteiger partial charge in [0.25, 0.3) is 0 Å². The van der Waals surface area contributed by atoms with Gasteiger partial charge in [0, 0.05) is 7.04 Å². The first-order valence-corrected chi connectivity index (χ1v) is 0.956. The van der Waals surface area contributed by atoms with Crippen LogP contribution in [0.3, 0.4) is 0 Å². The number of hydrogen-bond donors (Lipinski definition) is 2. The Balaban J connectivity index is 3.39. The minimum Gasteiger partial charge on any atom is -0.402 e. The highest BCUT2D eigenvalue weighted by Gasteiger charge is 2.00. The lowest BCUT2D eigenvalue weighted by Gasteiger charge is -1.84. The Morgan fingerprint density at radius 2 is 2.60 bits per heavy atom. The van der Waals surface area contributed by atoms with Gasteiger partial charge in [-0.2, -0.15) is 0 Å². The van der Waals surface area contributed by atoms with Gasteiger partial charge in [0.05, 0.1) is 4.11 Å². The van der Waals surface area contributed by atoms with Crippen molar-refractivity contribution in [1.82, 2.24) is 0 Å². The van der Waals surface area contributed by atoms with E-state index >= 15 is 0 Å². The zero-order valence-electron chi connectivity index (χ0n) is 5.38. The summed E-state index contributed by atoms with van der Waals surface area (Å²) in [7, 11) is -4.95. The van der Waals surface area contributed by atoms with Crippen LogP contribution in [-0.4, -0.2) is 24.4 Å². The van der Waals surface area contributed by atoms with Crippen molar-refractivity contribution in [3.8, 4) is 0 Å². The summed E-state index contributed by atoms with van der Waals surface area (Å²) >= 11 is 0. The van der Waals surface area contributed by atoms with Crippen LogP contribution in [-0.2, 0) is 4.65 Å². The minimum atomic E-state index is -2.73. The molecule has 0 atom stereocenters. The van der Waals surface area contributed by atoms with E-state index in [-0.39, 0.29) is 0 Å². The van der Waals surface area contributed by atoms with Crippen LogP contribution in [0.15, 0.2) is 0 Å². The molecule has 0 fully saturated rings. The van der Waals surface area contributed by atoms with Gasteiger partial charge in [0.1, 0.15) is 0 Å². The van der Waals surface area contributed by atoms with Crippen LogP contribution >= 0.6 is 0 Å². The third-order valence-corrected chi connectivity index (χ3v) is 0.105. The predicted molar refractivity (Wildman–Crippen MR) is 17.2 cm³/mol. The number of hydrogen-bond acceptors (Lipinski definition) is 3. The molecule has 2 N–H and O–H groups in total. The molecule has 3 nitrogen and oxygen atoms in total. The van der Waals surface area contributed by atoms with Crippen LogP contribution in [0.5, 0.6) is 0 Å². The molecule has 0 aliphatic rings. The highest BCUT2D eigenvalue weighted by Crippen LogP contribution is 1.59. The summed E-state index contributed by atoms with van der Waals surface area (Å²) in [4.78, 5) is 0. The van der Waals surface area contributed by atoms with E-state index in [0.29, 0.717) is 0 Å². The molecule has 5 heavy (non-hydrogen) atoms. The van der Waals surface area contributed by atoms with Gasteiger partial charge in [-0.15, -0.1) is 0 Å². The van der Waals surface area contributed by atoms with Gasteiger partial charge in [-0.3, -0.25) is 0 Å². The van der Waals surface area contributed by atoms with Gasteiger partial charge < -0.3 is 14.7 Å². The first kappa shape index (κ1) is 1.60. The van der Waals surface area contributed by atoms with Crippen molar-refractivity contribution >= 4 is 7.32 Å². The fraction of sp³-hybridized carbons (Fsp3) is 1.00. The second-order valence-electron chi connectivity index (χ2n) is 0.444. The van der Waals surface area contributed by atoms with E-state index in [9.17, 15) is 0 Å². The largest absolute Gasteiger partial charge is 0.633 e. The summed E-state index contributed by atoms with van der Waals surface area (Å²) in [5, 5.41) is 15.7. The molecular formula is CH5BO3. The monoisotopic (exact) mass is 79.1 g/mol. The highest BCUT2D eigenvalue weighted by molar-refractivity contribution is 6.32. The average Bonchev–Trinajstić information content (AvgIpc) is 1.21. The van der Waals surface area contributed by atoms with Gasteiger partial charge in [0.15, 0.2) is 0 Å². The fourth-order valence-corrected chi connectivity index (χ4v) is 0. The summed E-state index contributed by atoms with van der Waals surface area (Å²) < 4.78 is 22.3. The van der Waals surface area contributed by atoms with E-state index in [4.69, 9.17) is 14.2 Å². The molecule has 0 bridgehead atoms. The molecule has 0 amide bonds. The molecule has 0 aliphatic carbocycles. The molecule has 30 valence electrons. The molecule has 4 heteroatoms. The highest BCUT2D eigenvalue weighted by atomic mass is 16.6. The van der Waals surface area contributed by atoms with E-state index in [2.05, 4.69) is 4.65 Å². The van der Waals surface area contributed by atoms with Crippen molar-refractivity contribution in [2.24, 2.45) is 0 Å². The average molecular weight is 78.9 g/mol. The van der Waals surface area contributed by atoms with E-state index in [1.807, 2.05) is 0 Å². The lowest BCUT2D eigenvalue weighted by molar-refractivity contribution is 0.229. The molecule has 0 radical (unpaired) electrons. The first-order valence-electron chi connectivity index (χ1n) is 2.46. The Hall–Kier alpha value is -0.0551. The maximum absolute atomic E-state index is 7.86. The molecular weight excluding hydrogens is 70.8 g/mol. The maximum atomic E-state index is 7.86. The van der Waals surface area contributed by atoms with Gasteiger partial charge >= 0.3 is 7.32 Å². The standard InChI is InChI=1S/CH5BO3/c1-5-2(3)4/h3-4H,1H3/i1D3. The smallest absolute Gasteiger partial charge is 0.402 e. The first-order chi connectivity index (χ1) is 3.42. The molecule has 0 aromatic rings. The molecule has 0 heterocycles. The van der Waals surface area contributed by atoms with Crippen LogP contribution in [0.1, 0.15) is 4.11 Å². The molecule has 0 spiro atoms. The topological polar surface area (TPSA) is 49.7 Å². The summed E-state index contributed by atoms with van der Waals surface area (Å²) in [5.74, 6) is 0. The summed E-state index contributed by atoms with van der Waals surface area (Å²) in [6, 6.07) is 0. The van der Waals surface area contributed by atoms with Gasteiger partial charge in [0.2, 0.25) is 0 Å². The normalized spacial score (nSPS) is 19.2. The van der Waals surface area contributed by atoms with Gasteiger partial charge in [-0.05, 0) is 0 Å². The van der Waals surface area contributed by atoms with Crippen LogP contribution < -0.4 is 0 Å². The second-order valence-corrected chi connectivity index (χ2v) is 0.444. The number of rotatable bonds is 1. The summed E-state index contributed by atoms with van der Waals surface area (Å²) in [6.07, 6.45) is 0. The van der Waals surface area contributed by atoms with E-state index in [1.54, 1.807) is 0 Å². The zero-order valence-corrected chi connectivity index (χ0v) is 2.38. The molecule has 0 unspecified atom stereocenters. The van der Waals surface area contributed by atoms with E-state index in [1.165, 1.54) is 0 Å². The Morgan fingerprint density at radius 3 is 2.60 bits per heavy atom. The van der Waals surface area contributed by atoms with E-state index < -0.39 is 14.4 Å². The Labute approximate surface area is 34.6 Å². The Bertz CT molecular complexity index is 69.4. The molecule has 0 rings (SSSR count). The van der Waals surface area contributed by atoms with Crippen molar-refractivity contribution < 1.29 is 18.8 Å². The third kappa shape index (κ3) is 3.94. The van der Waals surface area contributed by atoms with Gasteiger partial charge in [-0.1, -0.05) is 0 Å². The molecule has 0 saturated heterocycles. The van der Waals surface area contributed by atoms with Crippen molar-refractivity contribution in [2.75, 3.05) is 7.04 Å². The lowest BCUT2D eigenvalue weighted by atomic mass is 10.3. The van der Waals surface area contributed by atoms with Crippen LogP contribution in [0.25, 0.3) is 0 Å². The quantitative estimate of drug-likeness (QED) is 0.380. The molecule has 0 aliphatic heterocycles.